The van der Waals surface area contributed by atoms with Crippen LogP contribution in [0.2, 0.25) is 0 Å². The summed E-state index contributed by atoms with van der Waals surface area (Å²) in [5, 5.41) is 1.02. The largest absolute Gasteiger partial charge is 0.368 e. The number of piperazine rings is 1. The summed E-state index contributed by atoms with van der Waals surface area (Å²) >= 11 is 3.02. The summed E-state index contributed by atoms with van der Waals surface area (Å²) in [7, 11) is 0. The van der Waals surface area contributed by atoms with E-state index in [4.69, 9.17) is 4.98 Å². The molecule has 3 heterocycles. The van der Waals surface area contributed by atoms with Crippen molar-refractivity contribution in [3.05, 3.63) is 82.3 Å². The summed E-state index contributed by atoms with van der Waals surface area (Å²) < 4.78 is 1.78. The van der Waals surface area contributed by atoms with Gasteiger partial charge in [0.25, 0.3) is 5.56 Å². The first-order valence-electron chi connectivity index (χ1n) is 12.1. The van der Waals surface area contributed by atoms with E-state index < -0.39 is 0 Å². The zero-order valence-electron chi connectivity index (χ0n) is 19.9. The Bertz CT molecular complexity index is 1230. The molecule has 8 heteroatoms. The third-order valence-corrected chi connectivity index (χ3v) is 8.68. The quantitative estimate of drug-likeness (QED) is 0.357. The van der Waals surface area contributed by atoms with Crippen molar-refractivity contribution < 1.29 is 4.79 Å². The van der Waals surface area contributed by atoms with E-state index in [0.29, 0.717) is 35.8 Å². The smallest absolute Gasteiger partial charge is 0.268 e. The van der Waals surface area contributed by atoms with Gasteiger partial charge in [0.1, 0.15) is 0 Å². The summed E-state index contributed by atoms with van der Waals surface area (Å²) in [6, 6.07) is 20.5. The van der Waals surface area contributed by atoms with Crippen molar-refractivity contribution in [3.8, 4) is 0 Å². The number of nitrogens with zero attached hydrogens (tertiary/aromatic N) is 4. The van der Waals surface area contributed by atoms with Gasteiger partial charge in [-0.2, -0.15) is 0 Å². The third-order valence-electron chi connectivity index (χ3n) is 6.51. The van der Waals surface area contributed by atoms with Crippen molar-refractivity contribution >= 4 is 35.1 Å². The van der Waals surface area contributed by atoms with Crippen LogP contribution in [-0.4, -0.2) is 57.5 Å². The van der Waals surface area contributed by atoms with Gasteiger partial charge in [0.15, 0.2) is 5.16 Å². The highest BCUT2D eigenvalue weighted by Gasteiger charge is 2.27. The number of amides is 1. The Hall–Kier alpha value is -2.71. The summed E-state index contributed by atoms with van der Waals surface area (Å²) in [6.07, 6.45) is 1.56. The van der Waals surface area contributed by atoms with Crippen LogP contribution in [0.3, 0.4) is 0 Å². The highest BCUT2D eigenvalue weighted by atomic mass is 32.2. The zero-order valence-corrected chi connectivity index (χ0v) is 21.6. The Balaban J connectivity index is 1.26. The number of thioether (sulfide) groups is 2. The fraction of sp³-hybridized carbons (Fsp3) is 0.370. The maximum absolute atomic E-state index is 13.4. The molecular weight excluding hydrogens is 476 g/mol. The molecule has 0 bridgehead atoms. The Labute approximate surface area is 214 Å². The summed E-state index contributed by atoms with van der Waals surface area (Å²) in [5.74, 6) is 0.403. The molecule has 35 heavy (non-hydrogen) atoms. The monoisotopic (exact) mass is 506 g/mol. The maximum Gasteiger partial charge on any atom is 0.268 e. The summed E-state index contributed by atoms with van der Waals surface area (Å²) in [4.78, 5) is 36.3. The van der Waals surface area contributed by atoms with Crippen molar-refractivity contribution in [3.63, 3.8) is 0 Å². The summed E-state index contributed by atoms with van der Waals surface area (Å²) in [6.45, 7) is 5.76. The lowest BCUT2D eigenvalue weighted by atomic mass is 10.1. The number of hydrogen-bond donors (Lipinski definition) is 0. The number of fused-ring (bicyclic) bond motifs is 1. The van der Waals surface area contributed by atoms with Gasteiger partial charge in [0.2, 0.25) is 5.91 Å². The lowest BCUT2D eigenvalue weighted by Crippen LogP contribution is -2.49. The van der Waals surface area contributed by atoms with Gasteiger partial charge in [-0.15, -0.1) is 11.8 Å². The van der Waals surface area contributed by atoms with E-state index in [1.807, 2.05) is 41.3 Å². The Kier molecular flexibility index (Phi) is 7.48. The average molecular weight is 507 g/mol. The molecule has 2 aromatic carbocycles. The van der Waals surface area contributed by atoms with Gasteiger partial charge in [0, 0.05) is 50.1 Å². The molecular formula is C27H30N4O2S2. The first-order valence-corrected chi connectivity index (χ1v) is 14.0. The van der Waals surface area contributed by atoms with Crippen molar-refractivity contribution in [1.82, 2.24) is 14.5 Å². The number of benzene rings is 2. The summed E-state index contributed by atoms with van der Waals surface area (Å²) in [5.41, 5.74) is 3.30. The number of aromatic nitrogens is 2. The van der Waals surface area contributed by atoms with E-state index in [9.17, 15) is 9.59 Å². The molecule has 0 spiro atoms. The van der Waals surface area contributed by atoms with E-state index in [-0.39, 0.29) is 11.5 Å². The second-order valence-corrected chi connectivity index (χ2v) is 11.4. The molecule has 1 saturated heterocycles. The van der Waals surface area contributed by atoms with Crippen molar-refractivity contribution in [2.75, 3.05) is 36.8 Å². The Morgan fingerprint density at radius 2 is 1.71 bits per heavy atom. The molecule has 1 amide bonds. The zero-order chi connectivity index (χ0) is 24.2. The Morgan fingerprint density at radius 1 is 1.03 bits per heavy atom. The lowest BCUT2D eigenvalue weighted by molar-refractivity contribution is -0.128. The molecule has 2 aliphatic heterocycles. The molecule has 0 aliphatic carbocycles. The van der Waals surface area contributed by atoms with Crippen LogP contribution in [0.4, 0.5) is 5.69 Å². The van der Waals surface area contributed by atoms with E-state index in [1.54, 1.807) is 16.3 Å². The van der Waals surface area contributed by atoms with E-state index in [2.05, 4.69) is 36.1 Å². The molecule has 182 valence electrons. The van der Waals surface area contributed by atoms with Crippen LogP contribution in [0.15, 0.2) is 75.5 Å². The number of hydrogen-bond acceptors (Lipinski definition) is 6. The van der Waals surface area contributed by atoms with Gasteiger partial charge < -0.3 is 9.80 Å². The van der Waals surface area contributed by atoms with Gasteiger partial charge in [-0.1, -0.05) is 67.2 Å². The van der Waals surface area contributed by atoms with Gasteiger partial charge >= 0.3 is 0 Å². The van der Waals surface area contributed by atoms with Crippen molar-refractivity contribution in [1.29, 1.82) is 0 Å². The number of rotatable bonds is 7. The van der Waals surface area contributed by atoms with Crippen LogP contribution in [0.1, 0.15) is 18.2 Å². The topological polar surface area (TPSA) is 58.4 Å². The highest BCUT2D eigenvalue weighted by Crippen LogP contribution is 2.34. The van der Waals surface area contributed by atoms with Crippen molar-refractivity contribution in [2.45, 2.75) is 41.6 Å². The third kappa shape index (κ3) is 5.59. The van der Waals surface area contributed by atoms with Gasteiger partial charge in [-0.25, -0.2) is 4.98 Å². The predicted molar refractivity (Wildman–Crippen MR) is 144 cm³/mol. The molecule has 0 radical (unpaired) electrons. The van der Waals surface area contributed by atoms with Crippen LogP contribution in [0.25, 0.3) is 0 Å². The second-order valence-electron chi connectivity index (χ2n) is 8.99. The van der Waals surface area contributed by atoms with Gasteiger partial charge in [-0.3, -0.25) is 14.2 Å². The maximum atomic E-state index is 13.4. The van der Waals surface area contributed by atoms with Gasteiger partial charge in [-0.05, 0) is 24.1 Å². The fourth-order valence-electron chi connectivity index (χ4n) is 4.59. The Morgan fingerprint density at radius 3 is 2.43 bits per heavy atom. The fourth-order valence-corrected chi connectivity index (χ4v) is 6.65. The number of carbonyl (C=O) groups excluding carboxylic acids is 1. The molecule has 0 N–H and O–H groups in total. The second kappa shape index (κ2) is 10.9. The average Bonchev–Trinajstić information content (AvgIpc) is 3.28. The van der Waals surface area contributed by atoms with Crippen molar-refractivity contribution in [2.24, 2.45) is 0 Å². The first-order chi connectivity index (χ1) is 17.1. The molecule has 0 saturated carbocycles. The number of anilines is 1. The molecule has 1 aromatic heterocycles. The van der Waals surface area contributed by atoms with E-state index in [1.165, 1.54) is 23.0 Å². The molecule has 3 aromatic rings. The molecule has 1 atom stereocenters. The number of para-hydroxylation sites is 1. The minimum Gasteiger partial charge on any atom is -0.368 e. The molecule has 6 nitrogen and oxygen atoms in total. The van der Waals surface area contributed by atoms with Crippen LogP contribution >= 0.6 is 23.5 Å². The predicted octanol–water partition coefficient (Wildman–Crippen LogP) is 3.96. The van der Waals surface area contributed by atoms with Crippen LogP contribution in [0.5, 0.6) is 0 Å². The van der Waals surface area contributed by atoms with Crippen LogP contribution in [-0.2, 0) is 24.2 Å². The van der Waals surface area contributed by atoms with E-state index >= 15 is 0 Å². The molecule has 0 unspecified atom stereocenters. The molecule has 5 rings (SSSR count). The SMILES string of the molecule is C[C@H]1Cc2nc(SCC(=O)N3CCN(c4ccccc4)CC3)n(CCc3ccccc3)c(=O)c2S1. The highest BCUT2D eigenvalue weighted by molar-refractivity contribution is 8.00. The van der Waals surface area contributed by atoms with Crippen LogP contribution < -0.4 is 10.5 Å². The molecule has 1 fully saturated rings. The van der Waals surface area contributed by atoms with Gasteiger partial charge in [0.05, 0.1) is 16.3 Å². The number of carbonyl (C=O) groups is 1. The minimum atomic E-state index is 0.0340. The molecule has 2 aliphatic rings. The standard InChI is InChI=1S/C27H30N4O2S2/c1-20-18-23-25(35-20)26(33)31(13-12-21-8-4-2-5-9-21)27(28-23)34-19-24(32)30-16-14-29(15-17-30)22-10-6-3-7-11-22/h2-11,20H,12-19H2,1H3/t20-/m0/s1. The number of aryl methyl sites for hydroxylation is 1. The minimum absolute atomic E-state index is 0.0340. The lowest BCUT2D eigenvalue weighted by Gasteiger charge is -2.36. The first kappa shape index (κ1) is 24.0. The van der Waals surface area contributed by atoms with Crippen LogP contribution in [0, 0.1) is 0 Å². The normalized spacial score (nSPS) is 17.5. The van der Waals surface area contributed by atoms with E-state index in [0.717, 1.165) is 36.5 Å².